The molecule has 0 saturated carbocycles. The molecule has 156 valence electrons. The van der Waals surface area contributed by atoms with E-state index in [1.807, 2.05) is 36.6 Å². The molecule has 1 aromatic carbocycles. The average Bonchev–Trinajstić information content (AvgIpc) is 3.17. The standard InChI is InChI=1S/C21H26N2O5S/c1-14-10-19(15(2)23(14)18-8-9-29(26,27)13-18)20(24)12-28-21(25)16-6-5-7-17(11-16)22(3)4/h5-7,10-11,18H,8-9,12-13H2,1-4H3/t18-/m1/s1. The number of rotatable bonds is 6. The quantitative estimate of drug-likeness (QED) is 0.529. The number of ether oxygens (including phenoxy) is 1. The molecule has 0 amide bonds. The molecule has 0 radical (unpaired) electrons. The molecule has 1 aliphatic heterocycles. The highest BCUT2D eigenvalue weighted by Crippen LogP contribution is 2.29. The topological polar surface area (TPSA) is 85.7 Å². The second kappa shape index (κ2) is 8.02. The molecule has 0 aliphatic carbocycles. The van der Waals surface area contributed by atoms with Gasteiger partial charge in [-0.25, -0.2) is 13.2 Å². The van der Waals surface area contributed by atoms with Crippen LogP contribution in [0.5, 0.6) is 0 Å². The molecule has 7 nitrogen and oxygen atoms in total. The number of benzene rings is 1. The van der Waals surface area contributed by atoms with Crippen LogP contribution in [0.1, 0.15) is 44.6 Å². The zero-order valence-corrected chi connectivity index (χ0v) is 18.0. The van der Waals surface area contributed by atoms with Gasteiger partial charge in [-0.15, -0.1) is 0 Å². The smallest absolute Gasteiger partial charge is 0.338 e. The third-order valence-electron chi connectivity index (χ3n) is 5.29. The van der Waals surface area contributed by atoms with Gasteiger partial charge in [0, 0.05) is 42.8 Å². The Labute approximate surface area is 171 Å². The summed E-state index contributed by atoms with van der Waals surface area (Å²) in [4.78, 5) is 26.9. The monoisotopic (exact) mass is 418 g/mol. The van der Waals surface area contributed by atoms with Crippen LogP contribution in [0.25, 0.3) is 0 Å². The van der Waals surface area contributed by atoms with Gasteiger partial charge in [-0.3, -0.25) is 4.79 Å². The van der Waals surface area contributed by atoms with Crippen molar-refractivity contribution in [3.05, 3.63) is 52.8 Å². The molecule has 1 aliphatic rings. The molecule has 0 spiro atoms. The van der Waals surface area contributed by atoms with Crippen LogP contribution >= 0.6 is 0 Å². The van der Waals surface area contributed by atoms with Crippen LogP contribution in [0.15, 0.2) is 30.3 Å². The Kier molecular flexibility index (Phi) is 5.84. The van der Waals surface area contributed by atoms with E-state index in [0.29, 0.717) is 23.2 Å². The number of hydrogen-bond donors (Lipinski definition) is 0. The van der Waals surface area contributed by atoms with Crippen molar-refractivity contribution in [1.29, 1.82) is 0 Å². The van der Waals surface area contributed by atoms with E-state index in [0.717, 1.165) is 11.4 Å². The maximum Gasteiger partial charge on any atom is 0.338 e. The molecule has 1 atom stereocenters. The SMILES string of the molecule is Cc1cc(C(=O)COC(=O)c2cccc(N(C)C)c2)c(C)n1[C@@H]1CCS(=O)(=O)C1. The van der Waals surface area contributed by atoms with E-state index >= 15 is 0 Å². The summed E-state index contributed by atoms with van der Waals surface area (Å²) in [6.07, 6.45) is 0.545. The number of hydrogen-bond acceptors (Lipinski definition) is 6. The Hall–Kier alpha value is -2.61. The lowest BCUT2D eigenvalue weighted by molar-refractivity contribution is 0.0474. The molecule has 8 heteroatoms. The summed E-state index contributed by atoms with van der Waals surface area (Å²) in [5.41, 5.74) is 3.24. The summed E-state index contributed by atoms with van der Waals surface area (Å²) >= 11 is 0. The minimum atomic E-state index is -3.03. The number of Topliss-reactive ketones (excluding diaryl/α,β-unsaturated/α-hetero) is 1. The Morgan fingerprint density at radius 3 is 2.55 bits per heavy atom. The van der Waals surface area contributed by atoms with Gasteiger partial charge in [-0.05, 0) is 44.5 Å². The Morgan fingerprint density at radius 2 is 1.93 bits per heavy atom. The van der Waals surface area contributed by atoms with Crippen molar-refractivity contribution in [2.24, 2.45) is 0 Å². The summed E-state index contributed by atoms with van der Waals surface area (Å²) in [5.74, 6) is -0.601. The first-order chi connectivity index (χ1) is 13.6. The first-order valence-corrected chi connectivity index (χ1v) is 11.3. The highest BCUT2D eigenvalue weighted by Gasteiger charge is 2.31. The van der Waals surface area contributed by atoms with E-state index in [-0.39, 0.29) is 29.9 Å². The highest BCUT2D eigenvalue weighted by atomic mass is 32.2. The summed E-state index contributed by atoms with van der Waals surface area (Å²) in [7, 11) is 0.720. The Morgan fingerprint density at radius 1 is 1.21 bits per heavy atom. The largest absolute Gasteiger partial charge is 0.454 e. The van der Waals surface area contributed by atoms with Crippen molar-refractivity contribution in [1.82, 2.24) is 4.57 Å². The zero-order valence-electron chi connectivity index (χ0n) is 17.1. The lowest BCUT2D eigenvalue weighted by Gasteiger charge is -2.16. The average molecular weight is 419 g/mol. The van der Waals surface area contributed by atoms with E-state index in [1.54, 1.807) is 31.2 Å². The predicted molar refractivity (Wildman–Crippen MR) is 112 cm³/mol. The normalized spacial score (nSPS) is 17.9. The number of esters is 1. The maximum absolute atomic E-state index is 12.7. The number of nitrogens with zero attached hydrogens (tertiary/aromatic N) is 2. The molecule has 1 saturated heterocycles. The van der Waals surface area contributed by atoms with Gasteiger partial charge in [0.25, 0.3) is 0 Å². The van der Waals surface area contributed by atoms with Gasteiger partial charge in [0.1, 0.15) is 0 Å². The van der Waals surface area contributed by atoms with Crippen molar-refractivity contribution >= 4 is 27.3 Å². The first kappa shape index (κ1) is 21.1. The number of ketones is 1. The molecule has 3 rings (SSSR count). The third kappa shape index (κ3) is 4.53. The van der Waals surface area contributed by atoms with Crippen LogP contribution in [0.4, 0.5) is 5.69 Å². The second-order valence-corrected chi connectivity index (χ2v) is 9.88. The Balaban J connectivity index is 1.71. The van der Waals surface area contributed by atoms with Crippen LogP contribution in [0.2, 0.25) is 0 Å². The van der Waals surface area contributed by atoms with E-state index < -0.39 is 15.8 Å². The van der Waals surface area contributed by atoms with Crippen LogP contribution in [0.3, 0.4) is 0 Å². The minimum absolute atomic E-state index is 0.0915. The number of carbonyl (C=O) groups is 2. The molecular formula is C21H26N2O5S. The van der Waals surface area contributed by atoms with Crippen LogP contribution in [-0.4, -0.2) is 56.9 Å². The van der Waals surface area contributed by atoms with E-state index in [9.17, 15) is 18.0 Å². The third-order valence-corrected chi connectivity index (χ3v) is 7.04. The number of aryl methyl sites for hydroxylation is 1. The summed E-state index contributed by atoms with van der Waals surface area (Å²) < 4.78 is 30.8. The first-order valence-electron chi connectivity index (χ1n) is 9.45. The fourth-order valence-electron chi connectivity index (χ4n) is 3.80. The van der Waals surface area contributed by atoms with Gasteiger partial charge in [-0.1, -0.05) is 6.07 Å². The van der Waals surface area contributed by atoms with Crippen LogP contribution in [-0.2, 0) is 14.6 Å². The summed E-state index contributed by atoms with van der Waals surface area (Å²) in [6, 6.07) is 8.57. The zero-order chi connectivity index (χ0) is 21.3. The number of aromatic nitrogens is 1. The van der Waals surface area contributed by atoms with Crippen LogP contribution < -0.4 is 4.90 Å². The Bertz CT molecular complexity index is 1050. The van der Waals surface area contributed by atoms with E-state index in [4.69, 9.17) is 4.74 Å². The maximum atomic E-state index is 12.7. The molecule has 0 bridgehead atoms. The molecule has 29 heavy (non-hydrogen) atoms. The number of carbonyl (C=O) groups excluding carboxylic acids is 2. The van der Waals surface area contributed by atoms with Crippen LogP contribution in [0, 0.1) is 13.8 Å². The number of sulfone groups is 1. The van der Waals surface area contributed by atoms with Crippen molar-refractivity contribution in [2.75, 3.05) is 37.1 Å². The molecule has 0 unspecified atom stereocenters. The van der Waals surface area contributed by atoms with Gasteiger partial charge in [0.05, 0.1) is 17.1 Å². The lowest BCUT2D eigenvalue weighted by atomic mass is 10.1. The van der Waals surface area contributed by atoms with Crippen molar-refractivity contribution < 1.29 is 22.7 Å². The molecular weight excluding hydrogens is 392 g/mol. The van der Waals surface area contributed by atoms with Gasteiger partial charge in [0.2, 0.25) is 5.78 Å². The molecule has 2 aromatic rings. The van der Waals surface area contributed by atoms with E-state index in [1.165, 1.54) is 0 Å². The summed E-state index contributed by atoms with van der Waals surface area (Å²) in [6.45, 7) is 3.29. The predicted octanol–water partition coefficient (Wildman–Crippen LogP) is 2.57. The number of anilines is 1. The van der Waals surface area contributed by atoms with Gasteiger partial charge in [0.15, 0.2) is 16.4 Å². The minimum Gasteiger partial charge on any atom is -0.454 e. The second-order valence-electron chi connectivity index (χ2n) is 7.66. The van der Waals surface area contributed by atoms with Gasteiger partial charge in [-0.2, -0.15) is 0 Å². The highest BCUT2D eigenvalue weighted by molar-refractivity contribution is 7.91. The van der Waals surface area contributed by atoms with Crippen molar-refractivity contribution in [3.8, 4) is 0 Å². The fourth-order valence-corrected chi connectivity index (χ4v) is 5.50. The lowest BCUT2D eigenvalue weighted by Crippen LogP contribution is -2.17. The molecule has 1 fully saturated rings. The van der Waals surface area contributed by atoms with Crippen molar-refractivity contribution in [2.45, 2.75) is 26.3 Å². The molecule has 0 N–H and O–H groups in total. The molecule has 1 aromatic heterocycles. The van der Waals surface area contributed by atoms with Gasteiger partial charge >= 0.3 is 5.97 Å². The molecule has 2 heterocycles. The van der Waals surface area contributed by atoms with Crippen molar-refractivity contribution in [3.63, 3.8) is 0 Å². The van der Waals surface area contributed by atoms with Gasteiger partial charge < -0.3 is 14.2 Å². The summed E-state index contributed by atoms with van der Waals surface area (Å²) in [5, 5.41) is 0. The fraction of sp³-hybridized carbons (Fsp3) is 0.429. The van der Waals surface area contributed by atoms with E-state index in [2.05, 4.69) is 0 Å².